The summed E-state index contributed by atoms with van der Waals surface area (Å²) in [5, 5.41) is 0. The van der Waals surface area contributed by atoms with Crippen LogP contribution in [0.2, 0.25) is 0 Å². The van der Waals surface area contributed by atoms with Crippen molar-refractivity contribution in [3.63, 3.8) is 0 Å². The minimum Gasteiger partial charge on any atom is -0.383 e. The van der Waals surface area contributed by atoms with E-state index in [2.05, 4.69) is 18.7 Å². The summed E-state index contributed by atoms with van der Waals surface area (Å²) in [6.45, 7) is 8.27. The van der Waals surface area contributed by atoms with E-state index in [1.807, 2.05) is 0 Å². The molecular formula is C11H24N2O. The second-order valence-corrected chi connectivity index (χ2v) is 4.80. The van der Waals surface area contributed by atoms with Crippen LogP contribution in [0, 0.1) is 5.92 Å². The zero-order valence-corrected chi connectivity index (χ0v) is 9.75. The van der Waals surface area contributed by atoms with E-state index >= 15 is 0 Å². The van der Waals surface area contributed by atoms with Gasteiger partial charge in [0, 0.05) is 13.7 Å². The molecule has 0 aromatic carbocycles. The van der Waals surface area contributed by atoms with Gasteiger partial charge in [-0.15, -0.1) is 0 Å². The summed E-state index contributed by atoms with van der Waals surface area (Å²) in [6, 6.07) is 0. The van der Waals surface area contributed by atoms with E-state index in [1.165, 1.54) is 12.8 Å². The third kappa shape index (κ3) is 2.69. The normalized spacial score (nSPS) is 24.9. The predicted molar refractivity (Wildman–Crippen MR) is 59.3 cm³/mol. The van der Waals surface area contributed by atoms with E-state index in [0.29, 0.717) is 6.54 Å². The Kier molecular flexibility index (Phi) is 4.35. The highest BCUT2D eigenvalue weighted by atomic mass is 16.5. The maximum Gasteiger partial charge on any atom is 0.0656 e. The van der Waals surface area contributed by atoms with Crippen LogP contribution >= 0.6 is 0 Å². The molecule has 1 aliphatic rings. The van der Waals surface area contributed by atoms with Crippen LogP contribution in [0.3, 0.4) is 0 Å². The molecule has 0 aliphatic carbocycles. The second-order valence-electron chi connectivity index (χ2n) is 4.80. The predicted octanol–water partition coefficient (Wildman–Crippen LogP) is 1.08. The molecular weight excluding hydrogens is 176 g/mol. The molecule has 0 aromatic rings. The van der Waals surface area contributed by atoms with Crippen LogP contribution in [0.5, 0.6) is 0 Å². The van der Waals surface area contributed by atoms with Crippen molar-refractivity contribution >= 4 is 0 Å². The molecule has 1 aliphatic heterocycles. The van der Waals surface area contributed by atoms with E-state index in [9.17, 15) is 0 Å². The first-order valence-electron chi connectivity index (χ1n) is 5.56. The average Bonchev–Trinajstić information content (AvgIpc) is 2.19. The number of rotatable bonds is 4. The Balaban J connectivity index is 2.52. The lowest BCUT2D eigenvalue weighted by Crippen LogP contribution is -2.56. The highest BCUT2D eigenvalue weighted by Gasteiger charge is 2.32. The number of likely N-dealkylation sites (tertiary alicyclic amines) is 1. The minimum absolute atomic E-state index is 0.0366. The third-order valence-corrected chi connectivity index (χ3v) is 3.44. The van der Waals surface area contributed by atoms with E-state index < -0.39 is 0 Å². The lowest BCUT2D eigenvalue weighted by molar-refractivity contribution is 0.00794. The van der Waals surface area contributed by atoms with E-state index in [0.717, 1.165) is 25.6 Å². The van der Waals surface area contributed by atoms with Gasteiger partial charge in [0.15, 0.2) is 0 Å². The number of ether oxygens (including phenoxy) is 1. The van der Waals surface area contributed by atoms with E-state index in [-0.39, 0.29) is 5.54 Å². The standard InChI is InChI=1S/C11H24N2O/c1-10-4-6-13(7-5-10)11(2,8-12)9-14-3/h10H,4-9,12H2,1-3H3. The van der Waals surface area contributed by atoms with Crippen molar-refractivity contribution in [2.24, 2.45) is 11.7 Å². The van der Waals surface area contributed by atoms with Gasteiger partial charge in [-0.1, -0.05) is 6.92 Å². The number of piperidine rings is 1. The number of hydrogen-bond donors (Lipinski definition) is 1. The van der Waals surface area contributed by atoms with Crippen LogP contribution in [-0.2, 0) is 4.74 Å². The number of nitrogens with zero attached hydrogens (tertiary/aromatic N) is 1. The summed E-state index contributed by atoms with van der Waals surface area (Å²) < 4.78 is 5.26. The van der Waals surface area contributed by atoms with Crippen molar-refractivity contribution in [3.05, 3.63) is 0 Å². The summed E-state index contributed by atoms with van der Waals surface area (Å²) in [7, 11) is 1.75. The molecule has 0 spiro atoms. The SMILES string of the molecule is COCC(C)(CN)N1CCC(C)CC1. The first-order valence-corrected chi connectivity index (χ1v) is 5.56. The minimum atomic E-state index is 0.0366. The first kappa shape index (κ1) is 12.0. The third-order valence-electron chi connectivity index (χ3n) is 3.44. The Morgan fingerprint density at radius 3 is 2.43 bits per heavy atom. The van der Waals surface area contributed by atoms with Gasteiger partial charge in [0.1, 0.15) is 0 Å². The van der Waals surface area contributed by atoms with Crippen LogP contribution in [0.1, 0.15) is 26.7 Å². The monoisotopic (exact) mass is 200 g/mol. The van der Waals surface area contributed by atoms with Crippen LogP contribution in [0.15, 0.2) is 0 Å². The van der Waals surface area contributed by atoms with Crippen LogP contribution in [0.4, 0.5) is 0 Å². The van der Waals surface area contributed by atoms with Gasteiger partial charge in [-0.3, -0.25) is 4.90 Å². The van der Waals surface area contributed by atoms with Gasteiger partial charge in [0.25, 0.3) is 0 Å². The smallest absolute Gasteiger partial charge is 0.0656 e. The van der Waals surface area contributed by atoms with E-state index in [1.54, 1.807) is 7.11 Å². The number of nitrogens with two attached hydrogens (primary N) is 1. The lowest BCUT2D eigenvalue weighted by atomic mass is 9.93. The summed E-state index contributed by atoms with van der Waals surface area (Å²) in [5.74, 6) is 0.871. The molecule has 14 heavy (non-hydrogen) atoms. The molecule has 0 radical (unpaired) electrons. The first-order chi connectivity index (χ1) is 6.62. The summed E-state index contributed by atoms with van der Waals surface area (Å²) in [4.78, 5) is 2.48. The molecule has 3 heteroatoms. The summed E-state index contributed by atoms with van der Waals surface area (Å²) >= 11 is 0. The zero-order chi connectivity index (χ0) is 10.6. The van der Waals surface area contributed by atoms with Gasteiger partial charge >= 0.3 is 0 Å². The molecule has 1 rings (SSSR count). The van der Waals surface area contributed by atoms with Gasteiger partial charge in [-0.25, -0.2) is 0 Å². The quantitative estimate of drug-likeness (QED) is 0.738. The zero-order valence-electron chi connectivity index (χ0n) is 9.75. The Bertz CT molecular complexity index is 167. The van der Waals surface area contributed by atoms with Crippen molar-refractivity contribution in [2.75, 3.05) is 33.4 Å². The average molecular weight is 200 g/mol. The van der Waals surface area contributed by atoms with Gasteiger partial charge in [0.2, 0.25) is 0 Å². The van der Waals surface area contributed by atoms with Gasteiger partial charge in [0.05, 0.1) is 12.1 Å². The second kappa shape index (κ2) is 5.10. The van der Waals surface area contributed by atoms with Crippen LogP contribution in [-0.4, -0.2) is 43.8 Å². The van der Waals surface area contributed by atoms with Crippen molar-refractivity contribution < 1.29 is 4.74 Å². The Morgan fingerprint density at radius 2 is 2.00 bits per heavy atom. The molecule has 1 saturated heterocycles. The lowest BCUT2D eigenvalue weighted by Gasteiger charge is -2.43. The van der Waals surface area contributed by atoms with Crippen LogP contribution in [0.25, 0.3) is 0 Å². The summed E-state index contributed by atoms with van der Waals surface area (Å²) in [6.07, 6.45) is 2.58. The molecule has 1 unspecified atom stereocenters. The van der Waals surface area contributed by atoms with E-state index in [4.69, 9.17) is 10.5 Å². The molecule has 0 saturated carbocycles. The summed E-state index contributed by atoms with van der Waals surface area (Å²) in [5.41, 5.74) is 5.87. The molecule has 1 fully saturated rings. The molecule has 3 nitrogen and oxygen atoms in total. The molecule has 1 atom stereocenters. The Morgan fingerprint density at radius 1 is 1.43 bits per heavy atom. The number of methoxy groups -OCH3 is 1. The number of hydrogen-bond acceptors (Lipinski definition) is 3. The van der Waals surface area contributed by atoms with Gasteiger partial charge in [-0.2, -0.15) is 0 Å². The molecule has 0 aromatic heterocycles. The Labute approximate surface area is 87.6 Å². The maximum absolute atomic E-state index is 5.84. The van der Waals surface area contributed by atoms with Crippen molar-refractivity contribution in [2.45, 2.75) is 32.2 Å². The maximum atomic E-state index is 5.84. The molecule has 84 valence electrons. The van der Waals surface area contributed by atoms with Gasteiger partial charge < -0.3 is 10.5 Å². The highest BCUT2D eigenvalue weighted by Crippen LogP contribution is 2.23. The highest BCUT2D eigenvalue weighted by molar-refractivity contribution is 4.89. The fraction of sp³-hybridized carbons (Fsp3) is 1.00. The molecule has 1 heterocycles. The topological polar surface area (TPSA) is 38.5 Å². The largest absolute Gasteiger partial charge is 0.383 e. The van der Waals surface area contributed by atoms with Crippen molar-refractivity contribution in [3.8, 4) is 0 Å². The fourth-order valence-electron chi connectivity index (χ4n) is 2.14. The van der Waals surface area contributed by atoms with Crippen LogP contribution < -0.4 is 5.73 Å². The van der Waals surface area contributed by atoms with Crippen molar-refractivity contribution in [1.82, 2.24) is 4.90 Å². The molecule has 2 N–H and O–H groups in total. The Hall–Kier alpha value is -0.120. The molecule has 0 amide bonds. The molecule has 0 bridgehead atoms. The fourth-order valence-corrected chi connectivity index (χ4v) is 2.14. The van der Waals surface area contributed by atoms with Gasteiger partial charge in [-0.05, 0) is 38.8 Å². The van der Waals surface area contributed by atoms with Crippen molar-refractivity contribution in [1.29, 1.82) is 0 Å².